The summed E-state index contributed by atoms with van der Waals surface area (Å²) in [6.45, 7) is 4.10. The lowest BCUT2D eigenvalue weighted by Crippen LogP contribution is -2.46. The Hall–Kier alpha value is -3.30. The molecule has 2 heterocycles. The molecule has 30 heavy (non-hydrogen) atoms. The van der Waals surface area contributed by atoms with Crippen LogP contribution in [0.4, 0.5) is 10.1 Å². The van der Waals surface area contributed by atoms with E-state index in [1.54, 1.807) is 23.8 Å². The van der Waals surface area contributed by atoms with Crippen molar-refractivity contribution in [3.8, 4) is 18.1 Å². The Morgan fingerprint density at radius 1 is 1.07 bits per heavy atom. The van der Waals surface area contributed by atoms with E-state index in [4.69, 9.17) is 11.2 Å². The van der Waals surface area contributed by atoms with Crippen LogP contribution in [0.5, 0.6) is 5.75 Å². The lowest BCUT2D eigenvalue weighted by molar-refractivity contribution is 0.248. The molecular weight excluding hydrogens is 381 g/mol. The minimum absolute atomic E-state index is 0.0605. The van der Waals surface area contributed by atoms with Crippen LogP contribution >= 0.6 is 0 Å². The number of rotatable bonds is 5. The summed E-state index contributed by atoms with van der Waals surface area (Å²) in [6.07, 6.45) is 5.52. The van der Waals surface area contributed by atoms with Gasteiger partial charge in [-0.3, -0.25) is 14.3 Å². The van der Waals surface area contributed by atoms with Crippen LogP contribution in [0.1, 0.15) is 5.56 Å². The van der Waals surface area contributed by atoms with Crippen molar-refractivity contribution in [3.05, 3.63) is 70.3 Å². The van der Waals surface area contributed by atoms with E-state index >= 15 is 0 Å². The fourth-order valence-corrected chi connectivity index (χ4v) is 3.96. The number of nitrogens with zero attached hydrogens (tertiary/aromatic N) is 3. The van der Waals surface area contributed by atoms with E-state index in [9.17, 15) is 9.18 Å². The fraction of sp³-hybridized carbons (Fsp3) is 0.292. The maximum atomic E-state index is 13.2. The number of pyridine rings is 1. The Labute approximate surface area is 175 Å². The maximum absolute atomic E-state index is 13.2. The second-order valence-electron chi connectivity index (χ2n) is 7.43. The molecule has 0 radical (unpaired) electrons. The van der Waals surface area contributed by atoms with Gasteiger partial charge < -0.3 is 9.64 Å². The highest BCUT2D eigenvalue weighted by atomic mass is 19.1. The molecule has 1 fully saturated rings. The van der Waals surface area contributed by atoms with Gasteiger partial charge in [-0.15, -0.1) is 6.42 Å². The predicted molar refractivity (Wildman–Crippen MR) is 117 cm³/mol. The molecule has 0 atom stereocenters. The first-order valence-corrected chi connectivity index (χ1v) is 9.96. The first kappa shape index (κ1) is 20.0. The molecule has 0 saturated carbocycles. The second-order valence-corrected chi connectivity index (χ2v) is 7.43. The number of hydrogen-bond donors (Lipinski definition) is 0. The normalized spacial score (nSPS) is 14.6. The van der Waals surface area contributed by atoms with Crippen LogP contribution in [-0.4, -0.2) is 42.8 Å². The monoisotopic (exact) mass is 405 g/mol. The number of methoxy groups -OCH3 is 1. The summed E-state index contributed by atoms with van der Waals surface area (Å²) in [5.41, 5.74) is 2.47. The zero-order valence-corrected chi connectivity index (χ0v) is 17.0. The third-order valence-electron chi connectivity index (χ3n) is 5.59. The van der Waals surface area contributed by atoms with Crippen molar-refractivity contribution in [2.75, 3.05) is 38.2 Å². The molecule has 5 nitrogen and oxygen atoms in total. The van der Waals surface area contributed by atoms with E-state index in [0.717, 1.165) is 48.3 Å². The lowest BCUT2D eigenvalue weighted by Gasteiger charge is -2.36. The van der Waals surface area contributed by atoms with Gasteiger partial charge in [0.2, 0.25) is 0 Å². The summed E-state index contributed by atoms with van der Waals surface area (Å²) in [4.78, 5) is 17.6. The predicted octanol–water partition coefficient (Wildman–Crippen LogP) is 3.10. The number of ether oxygens (including phenoxy) is 1. The number of aromatic nitrogens is 1. The quantitative estimate of drug-likeness (QED) is 0.612. The van der Waals surface area contributed by atoms with Gasteiger partial charge in [-0.1, -0.05) is 5.92 Å². The van der Waals surface area contributed by atoms with Gasteiger partial charge in [0, 0.05) is 50.0 Å². The molecule has 0 N–H and O–H groups in total. The number of hydrogen-bond acceptors (Lipinski definition) is 4. The van der Waals surface area contributed by atoms with Crippen molar-refractivity contribution in [3.63, 3.8) is 0 Å². The third-order valence-corrected chi connectivity index (χ3v) is 5.59. The first-order chi connectivity index (χ1) is 14.6. The highest BCUT2D eigenvalue weighted by Crippen LogP contribution is 2.22. The van der Waals surface area contributed by atoms with Crippen LogP contribution in [-0.2, 0) is 13.1 Å². The zero-order valence-electron chi connectivity index (χ0n) is 17.0. The summed E-state index contributed by atoms with van der Waals surface area (Å²) in [6, 6.07) is 14.2. The van der Waals surface area contributed by atoms with Gasteiger partial charge in [-0.2, -0.15) is 0 Å². The van der Waals surface area contributed by atoms with Gasteiger partial charge in [0.05, 0.1) is 19.2 Å². The number of anilines is 1. The SMILES string of the molecule is C#CCn1c(=O)c(CN2CCN(c3ccc(F)cc3)CC2)cc2ccc(OC)cc21. The second kappa shape index (κ2) is 8.60. The Morgan fingerprint density at radius 3 is 2.47 bits per heavy atom. The number of terminal acetylenes is 1. The molecule has 0 spiro atoms. The van der Waals surface area contributed by atoms with Gasteiger partial charge in [0.15, 0.2) is 0 Å². The van der Waals surface area contributed by atoms with E-state index in [-0.39, 0.29) is 17.9 Å². The molecule has 1 aromatic heterocycles. The fourth-order valence-electron chi connectivity index (χ4n) is 3.96. The number of benzene rings is 2. The van der Waals surface area contributed by atoms with Gasteiger partial charge in [0.1, 0.15) is 11.6 Å². The number of piperazine rings is 1. The van der Waals surface area contributed by atoms with Gasteiger partial charge in [-0.05, 0) is 47.9 Å². The minimum Gasteiger partial charge on any atom is -0.497 e. The Morgan fingerprint density at radius 2 is 1.80 bits per heavy atom. The van der Waals surface area contributed by atoms with E-state index in [1.807, 2.05) is 24.3 Å². The molecule has 0 aliphatic carbocycles. The summed E-state index contributed by atoms with van der Waals surface area (Å²) in [5.74, 6) is 3.05. The van der Waals surface area contributed by atoms with Crippen LogP contribution in [0.15, 0.2) is 53.3 Å². The maximum Gasteiger partial charge on any atom is 0.256 e. The van der Waals surface area contributed by atoms with Crippen LogP contribution in [0.3, 0.4) is 0 Å². The minimum atomic E-state index is -0.227. The molecule has 1 saturated heterocycles. The molecule has 154 valence electrons. The van der Waals surface area contributed by atoms with Gasteiger partial charge in [-0.25, -0.2) is 4.39 Å². The van der Waals surface area contributed by atoms with Crippen molar-refractivity contribution < 1.29 is 9.13 Å². The van der Waals surface area contributed by atoms with Crippen LogP contribution in [0.2, 0.25) is 0 Å². The van der Waals surface area contributed by atoms with Crippen molar-refractivity contribution >= 4 is 16.6 Å². The average molecular weight is 405 g/mol. The van der Waals surface area contributed by atoms with Gasteiger partial charge in [0.25, 0.3) is 5.56 Å². The van der Waals surface area contributed by atoms with Crippen LogP contribution in [0.25, 0.3) is 10.9 Å². The van der Waals surface area contributed by atoms with Crippen LogP contribution < -0.4 is 15.2 Å². The molecule has 2 aromatic carbocycles. The van der Waals surface area contributed by atoms with E-state index in [0.29, 0.717) is 12.3 Å². The largest absolute Gasteiger partial charge is 0.497 e. The molecule has 3 aromatic rings. The summed E-state index contributed by atoms with van der Waals surface area (Å²) in [5, 5.41) is 0.964. The molecular formula is C24H24FN3O2. The highest BCUT2D eigenvalue weighted by Gasteiger charge is 2.19. The molecule has 0 unspecified atom stereocenters. The number of fused-ring (bicyclic) bond motifs is 1. The summed E-state index contributed by atoms with van der Waals surface area (Å²) >= 11 is 0. The molecule has 0 bridgehead atoms. The third kappa shape index (κ3) is 4.03. The first-order valence-electron chi connectivity index (χ1n) is 9.96. The average Bonchev–Trinajstić information content (AvgIpc) is 2.77. The van der Waals surface area contributed by atoms with Gasteiger partial charge >= 0.3 is 0 Å². The molecule has 4 rings (SSSR count). The van der Waals surface area contributed by atoms with E-state index < -0.39 is 0 Å². The molecule has 6 heteroatoms. The smallest absolute Gasteiger partial charge is 0.256 e. The van der Waals surface area contributed by atoms with Crippen LogP contribution in [0, 0.1) is 18.2 Å². The van der Waals surface area contributed by atoms with E-state index in [1.165, 1.54) is 12.1 Å². The Kier molecular flexibility index (Phi) is 5.73. The van der Waals surface area contributed by atoms with Crippen molar-refractivity contribution in [2.24, 2.45) is 0 Å². The van der Waals surface area contributed by atoms with Crippen molar-refractivity contribution in [1.82, 2.24) is 9.47 Å². The molecule has 1 aliphatic heterocycles. The lowest BCUT2D eigenvalue weighted by atomic mass is 10.1. The van der Waals surface area contributed by atoms with Crippen molar-refractivity contribution in [2.45, 2.75) is 13.1 Å². The summed E-state index contributed by atoms with van der Waals surface area (Å²) < 4.78 is 20.1. The van der Waals surface area contributed by atoms with Crippen molar-refractivity contribution in [1.29, 1.82) is 0 Å². The summed E-state index contributed by atoms with van der Waals surface area (Å²) in [7, 11) is 1.60. The van der Waals surface area contributed by atoms with E-state index in [2.05, 4.69) is 15.7 Å². The molecule has 1 aliphatic rings. The number of halogens is 1. The molecule has 0 amide bonds. The highest BCUT2D eigenvalue weighted by molar-refractivity contribution is 5.81. The Balaban J connectivity index is 1.54. The zero-order chi connectivity index (χ0) is 21.1. The standard InChI is InChI=1S/C24H24FN3O2/c1-3-10-28-23-16-22(30-2)9-4-18(23)15-19(24(28)29)17-26-11-13-27(14-12-26)21-7-5-20(25)6-8-21/h1,4-9,15-16H,10-14,17H2,2H3. The topological polar surface area (TPSA) is 37.7 Å². The Bertz CT molecular complexity index is 1140.